The Balaban J connectivity index is 1.28. The topological polar surface area (TPSA) is 118 Å². The summed E-state index contributed by atoms with van der Waals surface area (Å²) in [6, 6.07) is 21.2. The predicted molar refractivity (Wildman–Crippen MR) is 200 cm³/mol. The quantitative estimate of drug-likeness (QED) is 0.0987. The second-order valence-electron chi connectivity index (χ2n) is 12.3. The fourth-order valence-corrected chi connectivity index (χ4v) is 7.17. The Morgan fingerprint density at radius 1 is 0.860 bits per heavy atom. The number of aliphatic hydroxyl groups excluding tert-OH is 1. The van der Waals surface area contributed by atoms with Crippen molar-refractivity contribution in [3.05, 3.63) is 92.9 Å². The average Bonchev–Trinajstić information content (AvgIpc) is 3.53. The summed E-state index contributed by atoms with van der Waals surface area (Å²) in [4.78, 5) is 21.2. The first-order chi connectivity index (χ1) is 24.2. The molecular formula is C38H38Cl3N5O4. The van der Waals surface area contributed by atoms with Crippen LogP contribution in [-0.4, -0.2) is 60.4 Å². The van der Waals surface area contributed by atoms with Gasteiger partial charge in [-0.2, -0.15) is 0 Å². The molecule has 1 fully saturated rings. The highest BCUT2D eigenvalue weighted by molar-refractivity contribution is 6.39. The molecule has 1 saturated heterocycles. The van der Waals surface area contributed by atoms with Crippen molar-refractivity contribution in [3.63, 3.8) is 0 Å². The van der Waals surface area contributed by atoms with Gasteiger partial charge in [0, 0.05) is 77.4 Å². The van der Waals surface area contributed by atoms with Crippen molar-refractivity contribution in [3.8, 4) is 45.3 Å². The highest BCUT2D eigenvalue weighted by atomic mass is 35.5. The summed E-state index contributed by atoms with van der Waals surface area (Å²) in [6.07, 6.45) is 0.924. The second-order valence-corrected chi connectivity index (χ2v) is 13.4. The molecule has 1 amide bonds. The lowest BCUT2D eigenvalue weighted by Gasteiger charge is -2.16. The van der Waals surface area contributed by atoms with Crippen LogP contribution in [0.2, 0.25) is 15.1 Å². The van der Waals surface area contributed by atoms with Crippen LogP contribution in [0.3, 0.4) is 0 Å². The number of halogens is 3. The predicted octanol–water partition coefficient (Wildman–Crippen LogP) is 7.45. The number of nitrogens with zero attached hydrogens (tertiary/aromatic N) is 2. The van der Waals surface area contributed by atoms with Crippen LogP contribution in [0.5, 0.6) is 11.6 Å². The van der Waals surface area contributed by atoms with E-state index < -0.39 is 6.10 Å². The third-order valence-corrected chi connectivity index (χ3v) is 9.78. The van der Waals surface area contributed by atoms with Gasteiger partial charge in [-0.3, -0.25) is 4.79 Å². The molecule has 1 aliphatic rings. The molecule has 0 aliphatic carbocycles. The van der Waals surface area contributed by atoms with Crippen molar-refractivity contribution in [2.24, 2.45) is 0 Å². The summed E-state index contributed by atoms with van der Waals surface area (Å²) in [5.74, 6) is 1.25. The summed E-state index contributed by atoms with van der Waals surface area (Å²) < 4.78 is 11.4. The highest BCUT2D eigenvalue weighted by Crippen LogP contribution is 2.43. The van der Waals surface area contributed by atoms with Gasteiger partial charge in [-0.15, -0.1) is 0 Å². The number of fused-ring (bicyclic) bond motifs is 1. The van der Waals surface area contributed by atoms with Gasteiger partial charge in [0.1, 0.15) is 5.75 Å². The molecule has 4 N–H and O–H groups in total. The fraction of sp³-hybridized carbons (Fsp3) is 0.289. The Kier molecular flexibility index (Phi) is 11.4. The van der Waals surface area contributed by atoms with E-state index in [-0.39, 0.29) is 11.9 Å². The Bertz CT molecular complexity index is 2040. The number of carbonyl (C=O) groups excluding carboxylic acids is 1. The van der Waals surface area contributed by atoms with Crippen molar-refractivity contribution in [2.75, 3.05) is 27.3 Å². The normalized spacial score (nSPS) is 14.9. The van der Waals surface area contributed by atoms with E-state index in [1.807, 2.05) is 66.7 Å². The Labute approximate surface area is 306 Å². The maximum atomic E-state index is 11.5. The minimum atomic E-state index is -0.474. The third-order valence-electron chi connectivity index (χ3n) is 8.68. The van der Waals surface area contributed by atoms with Gasteiger partial charge in [0.2, 0.25) is 11.8 Å². The van der Waals surface area contributed by atoms with Gasteiger partial charge in [-0.25, -0.2) is 9.97 Å². The molecule has 2 aromatic heterocycles. The lowest BCUT2D eigenvalue weighted by molar-refractivity contribution is -0.119. The van der Waals surface area contributed by atoms with Crippen LogP contribution >= 0.6 is 34.8 Å². The van der Waals surface area contributed by atoms with Crippen LogP contribution in [0, 0.1) is 0 Å². The Hall–Kier alpha value is -3.96. The molecule has 12 heteroatoms. The number of benzene rings is 3. The number of aliphatic hydroxyl groups is 1. The first-order valence-electron chi connectivity index (χ1n) is 16.4. The number of rotatable bonds is 13. The van der Waals surface area contributed by atoms with Crippen molar-refractivity contribution < 1.29 is 19.4 Å². The lowest BCUT2D eigenvalue weighted by atomic mass is 9.97. The molecule has 0 radical (unpaired) electrons. The summed E-state index contributed by atoms with van der Waals surface area (Å²) in [7, 11) is 3.21. The summed E-state index contributed by atoms with van der Waals surface area (Å²) in [5.41, 5.74) is 6.60. The molecule has 3 heterocycles. The monoisotopic (exact) mass is 733 g/mol. The van der Waals surface area contributed by atoms with Crippen LogP contribution in [0.1, 0.15) is 30.9 Å². The van der Waals surface area contributed by atoms with Crippen molar-refractivity contribution >= 4 is 51.6 Å². The number of carbonyl (C=O) groups is 1. The van der Waals surface area contributed by atoms with Gasteiger partial charge in [-0.1, -0.05) is 77.3 Å². The molecule has 0 spiro atoms. The number of hydrogen-bond donors (Lipinski definition) is 4. The van der Waals surface area contributed by atoms with Crippen LogP contribution in [-0.2, 0) is 17.9 Å². The smallest absolute Gasteiger partial charge is 0.220 e. The van der Waals surface area contributed by atoms with E-state index in [1.165, 1.54) is 0 Å². The summed E-state index contributed by atoms with van der Waals surface area (Å²) in [6.45, 7) is 3.86. The molecule has 3 aromatic carbocycles. The van der Waals surface area contributed by atoms with Crippen molar-refractivity contribution in [1.29, 1.82) is 0 Å². The lowest BCUT2D eigenvalue weighted by Crippen LogP contribution is -2.35. The van der Waals surface area contributed by atoms with Gasteiger partial charge in [-0.05, 0) is 37.6 Å². The van der Waals surface area contributed by atoms with Gasteiger partial charge < -0.3 is 30.5 Å². The van der Waals surface area contributed by atoms with Crippen molar-refractivity contribution in [2.45, 2.75) is 45.0 Å². The SMILES string of the molecule is COc1nc(-c2cccc(-c3cccc(-c4ccc5c(OC)c(CNCC(C)O)cc(Cl)c5n4)c3Cl)c2Cl)ccc1CNC[C@H]1CCC(=O)N1. The maximum absolute atomic E-state index is 11.5. The van der Waals surface area contributed by atoms with E-state index in [1.54, 1.807) is 21.1 Å². The van der Waals surface area contributed by atoms with Crippen LogP contribution < -0.4 is 25.4 Å². The minimum absolute atomic E-state index is 0.0947. The first kappa shape index (κ1) is 35.9. The zero-order chi connectivity index (χ0) is 35.4. The second kappa shape index (κ2) is 15.9. The van der Waals surface area contributed by atoms with Gasteiger partial charge in [0.05, 0.1) is 52.3 Å². The number of methoxy groups -OCH3 is 2. The highest BCUT2D eigenvalue weighted by Gasteiger charge is 2.21. The van der Waals surface area contributed by atoms with E-state index in [2.05, 4.69) is 16.0 Å². The standard InChI is InChI=1S/C38H38Cl3N5O4/c1-21(47)17-42-19-23-16-30(39)36-29(37(23)49-2)12-14-31(45-36)27-8-4-6-25(34(27)40)26-7-5-9-28(35(26)41)32-13-10-22(38(46-32)50-3)18-43-20-24-11-15-33(48)44-24/h4-10,12-14,16,21,24,42-43,47H,11,15,17-20H2,1-3H3,(H,44,48)/t21?,24-/m1/s1. The number of pyridine rings is 2. The molecule has 1 unspecified atom stereocenters. The molecule has 50 heavy (non-hydrogen) atoms. The van der Waals surface area contributed by atoms with E-state index >= 15 is 0 Å². The minimum Gasteiger partial charge on any atom is -0.496 e. The van der Waals surface area contributed by atoms with E-state index in [0.717, 1.165) is 45.2 Å². The number of nitrogens with one attached hydrogen (secondary N) is 3. The number of ether oxygens (including phenoxy) is 2. The van der Waals surface area contributed by atoms with Gasteiger partial charge >= 0.3 is 0 Å². The largest absolute Gasteiger partial charge is 0.496 e. The summed E-state index contributed by atoms with van der Waals surface area (Å²) >= 11 is 21.0. The van der Waals surface area contributed by atoms with E-state index in [4.69, 9.17) is 54.2 Å². The number of hydrogen-bond acceptors (Lipinski definition) is 8. The summed E-state index contributed by atoms with van der Waals surface area (Å²) in [5, 5.41) is 21.5. The molecule has 5 aromatic rings. The molecule has 6 rings (SSSR count). The van der Waals surface area contributed by atoms with Crippen LogP contribution in [0.4, 0.5) is 0 Å². The molecule has 2 atom stereocenters. The molecule has 1 aliphatic heterocycles. The Morgan fingerprint density at radius 3 is 2.12 bits per heavy atom. The zero-order valence-electron chi connectivity index (χ0n) is 27.9. The molecule has 9 nitrogen and oxygen atoms in total. The molecule has 0 bridgehead atoms. The number of amides is 1. The third kappa shape index (κ3) is 7.68. The fourth-order valence-electron chi connectivity index (χ4n) is 6.24. The number of aromatic nitrogens is 2. The van der Waals surface area contributed by atoms with Crippen LogP contribution in [0.25, 0.3) is 44.5 Å². The maximum Gasteiger partial charge on any atom is 0.220 e. The first-order valence-corrected chi connectivity index (χ1v) is 17.5. The zero-order valence-corrected chi connectivity index (χ0v) is 30.2. The van der Waals surface area contributed by atoms with Gasteiger partial charge in [0.15, 0.2) is 0 Å². The molecule has 0 saturated carbocycles. The molecule has 260 valence electrons. The van der Waals surface area contributed by atoms with Crippen molar-refractivity contribution in [1.82, 2.24) is 25.9 Å². The van der Waals surface area contributed by atoms with Crippen LogP contribution in [0.15, 0.2) is 66.7 Å². The average molecular weight is 735 g/mol. The molecular weight excluding hydrogens is 697 g/mol. The van der Waals surface area contributed by atoms with E-state index in [9.17, 15) is 9.90 Å². The van der Waals surface area contributed by atoms with Gasteiger partial charge in [0.25, 0.3) is 0 Å². The Morgan fingerprint density at radius 2 is 1.50 bits per heavy atom. The van der Waals surface area contributed by atoms with E-state index in [0.29, 0.717) is 76.2 Å².